The van der Waals surface area contributed by atoms with Crippen LogP contribution in [0.2, 0.25) is 0 Å². The van der Waals surface area contributed by atoms with E-state index in [9.17, 15) is 13.8 Å². The molecule has 2 amide bonds. The highest BCUT2D eigenvalue weighted by Crippen LogP contribution is 2.15. The average molecular weight is 476 g/mol. The Kier molecular flexibility index (Phi) is 6.74. The Bertz CT molecular complexity index is 1340. The molecule has 3 aromatic heterocycles. The Hall–Kier alpha value is -4.38. The van der Waals surface area contributed by atoms with Crippen molar-refractivity contribution in [3.05, 3.63) is 78.1 Å². The molecule has 10 nitrogen and oxygen atoms in total. The van der Waals surface area contributed by atoms with Crippen LogP contribution in [0.25, 0.3) is 22.1 Å². The van der Waals surface area contributed by atoms with Gasteiger partial charge in [-0.1, -0.05) is 30.3 Å². The number of nitrogens with zero attached hydrogens (tertiary/aromatic N) is 3. The van der Waals surface area contributed by atoms with Crippen LogP contribution in [-0.2, 0) is 10.8 Å². The number of para-hydroxylation sites is 4. The summed E-state index contributed by atoms with van der Waals surface area (Å²) in [4.78, 5) is 43.9. The van der Waals surface area contributed by atoms with E-state index in [1.807, 2.05) is 48.5 Å². The molecule has 3 heterocycles. The number of pyridine rings is 1. The summed E-state index contributed by atoms with van der Waals surface area (Å²) in [6.45, 7) is 0. The predicted octanol–water partition coefficient (Wildman–Crippen LogP) is 3.33. The van der Waals surface area contributed by atoms with Crippen molar-refractivity contribution in [2.24, 2.45) is 0 Å². The number of aromatic amines is 2. The van der Waals surface area contributed by atoms with Crippen molar-refractivity contribution < 1.29 is 13.8 Å². The van der Waals surface area contributed by atoms with Gasteiger partial charge in [0.05, 0.1) is 22.1 Å². The summed E-state index contributed by atoms with van der Waals surface area (Å²) in [6.07, 6.45) is 3.28. The van der Waals surface area contributed by atoms with Crippen molar-refractivity contribution >= 4 is 56.6 Å². The van der Waals surface area contributed by atoms with Crippen LogP contribution in [-0.4, -0.2) is 53.5 Å². The van der Waals surface area contributed by atoms with Gasteiger partial charge in [0.25, 0.3) is 11.8 Å². The fourth-order valence-electron chi connectivity index (χ4n) is 3.05. The number of carbonyl (C=O) groups excluding carboxylic acids is 2. The molecular weight excluding hydrogens is 454 g/mol. The van der Waals surface area contributed by atoms with Crippen molar-refractivity contribution in [1.29, 1.82) is 0 Å². The van der Waals surface area contributed by atoms with E-state index in [1.54, 1.807) is 18.6 Å². The van der Waals surface area contributed by atoms with E-state index in [1.165, 1.54) is 12.1 Å². The lowest BCUT2D eigenvalue weighted by molar-refractivity contribution is 0.101. The highest BCUT2D eigenvalue weighted by molar-refractivity contribution is 7.83. The molecule has 0 saturated heterocycles. The van der Waals surface area contributed by atoms with Crippen LogP contribution in [0.4, 0.5) is 11.9 Å². The van der Waals surface area contributed by atoms with Crippen LogP contribution in [0.1, 0.15) is 21.0 Å². The zero-order valence-electron chi connectivity index (χ0n) is 18.3. The number of fused-ring (bicyclic) bond motifs is 2. The smallest absolute Gasteiger partial charge is 0.276 e. The molecule has 0 radical (unpaired) electrons. The van der Waals surface area contributed by atoms with E-state index < -0.39 is 22.6 Å². The normalized spacial score (nSPS) is 10.7. The number of amides is 2. The Morgan fingerprint density at radius 3 is 1.50 bits per heavy atom. The molecule has 0 atom stereocenters. The molecule has 0 bridgehead atoms. The molecule has 4 N–H and O–H groups in total. The van der Waals surface area contributed by atoms with Crippen LogP contribution in [0.3, 0.4) is 0 Å². The van der Waals surface area contributed by atoms with E-state index in [0.29, 0.717) is 11.9 Å². The topological polar surface area (TPSA) is 146 Å². The number of aromatic nitrogens is 5. The van der Waals surface area contributed by atoms with Gasteiger partial charge in [-0.3, -0.25) is 24.4 Å². The van der Waals surface area contributed by atoms with Crippen LogP contribution < -0.4 is 10.6 Å². The minimum absolute atomic E-state index is 0.0905. The van der Waals surface area contributed by atoms with Crippen molar-refractivity contribution in [3.8, 4) is 0 Å². The first-order valence-electron chi connectivity index (χ1n) is 10.1. The molecule has 5 rings (SSSR count). The van der Waals surface area contributed by atoms with Gasteiger partial charge in [-0.2, -0.15) is 0 Å². The second-order valence-electron chi connectivity index (χ2n) is 7.26. The van der Waals surface area contributed by atoms with Gasteiger partial charge in [-0.05, 0) is 36.4 Å². The maximum atomic E-state index is 12.6. The Morgan fingerprint density at radius 2 is 1.09 bits per heavy atom. The van der Waals surface area contributed by atoms with E-state index in [2.05, 4.69) is 35.6 Å². The van der Waals surface area contributed by atoms with E-state index in [4.69, 9.17) is 0 Å². The van der Waals surface area contributed by atoms with E-state index in [-0.39, 0.29) is 11.4 Å². The number of hydrogen-bond donors (Lipinski definition) is 4. The van der Waals surface area contributed by atoms with Crippen molar-refractivity contribution in [1.82, 2.24) is 24.9 Å². The van der Waals surface area contributed by atoms with Crippen LogP contribution >= 0.6 is 0 Å². The Balaban J connectivity index is 0.000000636. The summed E-state index contributed by atoms with van der Waals surface area (Å²) in [5.41, 5.74) is 3.26. The maximum Gasteiger partial charge on any atom is 0.276 e. The fraction of sp³-hybridized carbons (Fsp3) is 0.0870. The van der Waals surface area contributed by atoms with Gasteiger partial charge in [-0.25, -0.2) is 15.0 Å². The number of benzene rings is 2. The lowest BCUT2D eigenvalue weighted by Crippen LogP contribution is -2.19. The lowest BCUT2D eigenvalue weighted by Gasteiger charge is -2.04. The number of hydrogen-bond acceptors (Lipinski definition) is 6. The third kappa shape index (κ3) is 5.51. The summed E-state index contributed by atoms with van der Waals surface area (Å²) < 4.78 is 9.56. The Labute approximate surface area is 196 Å². The lowest BCUT2D eigenvalue weighted by atomic mass is 10.3. The summed E-state index contributed by atoms with van der Waals surface area (Å²) in [7, 11) is -0.611. The minimum atomic E-state index is -0.611. The molecule has 5 aromatic rings. The first kappa shape index (κ1) is 22.8. The van der Waals surface area contributed by atoms with E-state index >= 15 is 0 Å². The number of carbonyl (C=O) groups is 2. The molecule has 34 heavy (non-hydrogen) atoms. The zero-order chi connectivity index (χ0) is 24.1. The molecule has 0 aliphatic heterocycles. The van der Waals surface area contributed by atoms with Crippen molar-refractivity contribution in [2.75, 3.05) is 23.1 Å². The maximum absolute atomic E-state index is 12.6. The minimum Gasteiger partial charge on any atom is -0.324 e. The van der Waals surface area contributed by atoms with E-state index in [0.717, 1.165) is 22.1 Å². The number of nitrogens with one attached hydrogen (secondary N) is 4. The Morgan fingerprint density at radius 1 is 0.676 bits per heavy atom. The van der Waals surface area contributed by atoms with Crippen molar-refractivity contribution in [3.63, 3.8) is 0 Å². The standard InChI is InChI=1S/C21H15N7O2.C2H6OS/c29-18(27-20-23-12-6-1-2-7-13(12)24-20)16-10-5-11-17(22-16)19(30)28-21-25-14-8-3-4-9-15(14)26-21;1-4(2)3/h1-11H,(H2,23,24,27,29)(H2,25,26,28,30);1-2H3. The van der Waals surface area contributed by atoms with Gasteiger partial charge < -0.3 is 9.97 Å². The van der Waals surface area contributed by atoms with Crippen LogP contribution in [0, 0.1) is 0 Å². The van der Waals surface area contributed by atoms with Gasteiger partial charge >= 0.3 is 0 Å². The van der Waals surface area contributed by atoms with Crippen LogP contribution in [0.15, 0.2) is 66.7 Å². The summed E-state index contributed by atoms with van der Waals surface area (Å²) >= 11 is 0. The average Bonchev–Trinajstić information content (AvgIpc) is 3.41. The summed E-state index contributed by atoms with van der Waals surface area (Å²) in [5, 5.41) is 5.33. The van der Waals surface area contributed by atoms with Gasteiger partial charge in [-0.15, -0.1) is 0 Å². The first-order valence-corrected chi connectivity index (χ1v) is 12.1. The second kappa shape index (κ2) is 10.0. The van der Waals surface area contributed by atoms with Gasteiger partial charge in [0.1, 0.15) is 11.4 Å². The van der Waals surface area contributed by atoms with Gasteiger partial charge in [0.15, 0.2) is 0 Å². The van der Waals surface area contributed by atoms with Gasteiger partial charge in [0, 0.05) is 23.3 Å². The molecule has 172 valence electrons. The number of H-pyrrole nitrogens is 2. The molecule has 0 fully saturated rings. The zero-order valence-corrected chi connectivity index (χ0v) is 19.1. The summed E-state index contributed by atoms with van der Waals surface area (Å²) in [5.74, 6) is -0.347. The first-order chi connectivity index (χ1) is 16.4. The third-order valence-corrected chi connectivity index (χ3v) is 4.46. The highest BCUT2D eigenvalue weighted by Gasteiger charge is 2.15. The fourth-order valence-corrected chi connectivity index (χ4v) is 3.05. The molecule has 0 saturated carbocycles. The van der Waals surface area contributed by atoms with Crippen molar-refractivity contribution in [2.45, 2.75) is 0 Å². The highest BCUT2D eigenvalue weighted by atomic mass is 32.2. The molecule has 0 aliphatic rings. The number of imidazole rings is 2. The largest absolute Gasteiger partial charge is 0.324 e. The third-order valence-electron chi connectivity index (χ3n) is 4.46. The number of rotatable bonds is 4. The monoisotopic (exact) mass is 475 g/mol. The molecule has 0 spiro atoms. The molecule has 0 unspecified atom stereocenters. The molecule has 2 aromatic carbocycles. The van der Waals surface area contributed by atoms with Crippen LogP contribution in [0.5, 0.6) is 0 Å². The molecule has 11 heteroatoms. The molecular formula is C23H21N7O3S. The SMILES string of the molecule is CS(C)=O.O=C(Nc1nc2ccccc2[nH]1)c1cccc(C(=O)Nc2nc3ccccc3[nH]2)n1. The predicted molar refractivity (Wildman–Crippen MR) is 132 cm³/mol. The van der Waals surface area contributed by atoms with Gasteiger partial charge in [0.2, 0.25) is 11.9 Å². The molecule has 0 aliphatic carbocycles. The number of anilines is 2. The summed E-state index contributed by atoms with van der Waals surface area (Å²) in [6, 6.07) is 19.5. The quantitative estimate of drug-likeness (QED) is 0.314. The second-order valence-corrected chi connectivity index (χ2v) is 8.75.